The molecule has 0 saturated heterocycles. The van der Waals surface area contributed by atoms with Crippen LogP contribution >= 0.6 is 22.6 Å². The van der Waals surface area contributed by atoms with E-state index in [1.165, 1.54) is 0 Å². The highest BCUT2D eigenvalue weighted by molar-refractivity contribution is 14.1. The van der Waals surface area contributed by atoms with Crippen molar-refractivity contribution < 1.29 is 0 Å². The molecular weight excluding hydrogens is 281 g/mol. The van der Waals surface area contributed by atoms with Crippen molar-refractivity contribution in [3.05, 3.63) is 32.3 Å². The largest absolute Gasteiger partial charge is 0.271 e. The molecule has 13 heavy (non-hydrogen) atoms. The Morgan fingerprint density at radius 2 is 2.38 bits per heavy atom. The van der Waals surface area contributed by atoms with Gasteiger partial charge in [-0.05, 0) is 40.3 Å². The van der Waals surface area contributed by atoms with E-state index in [-0.39, 0.29) is 0 Å². The Morgan fingerprint density at radius 1 is 1.54 bits per heavy atom. The van der Waals surface area contributed by atoms with Gasteiger partial charge in [-0.25, -0.2) is 0 Å². The van der Waals surface area contributed by atoms with E-state index < -0.39 is 0 Å². The smallest absolute Gasteiger partial charge is 0.104 e. The van der Waals surface area contributed by atoms with Crippen molar-refractivity contribution in [2.24, 2.45) is 5.11 Å². The maximum atomic E-state index is 8.23. The van der Waals surface area contributed by atoms with Crippen molar-refractivity contribution in [2.45, 2.75) is 0 Å². The van der Waals surface area contributed by atoms with Crippen molar-refractivity contribution in [3.8, 4) is 0 Å². The van der Waals surface area contributed by atoms with Gasteiger partial charge in [0.05, 0.1) is 5.52 Å². The molecule has 0 fully saturated rings. The number of nitrogens with one attached hydrogen (secondary N) is 1. The fourth-order valence-electron chi connectivity index (χ4n) is 1.08. The van der Waals surface area contributed by atoms with Crippen LogP contribution in [0.2, 0.25) is 0 Å². The second-order valence-corrected chi connectivity index (χ2v) is 3.51. The molecule has 0 saturated carbocycles. The fraction of sp³-hybridized carbons (Fsp3) is 0. The van der Waals surface area contributed by atoms with E-state index in [0.717, 1.165) is 14.6 Å². The molecule has 2 rings (SSSR count). The monoisotopic (exact) mass is 285 g/mol. The van der Waals surface area contributed by atoms with E-state index in [2.05, 4.69) is 42.8 Å². The van der Waals surface area contributed by atoms with Crippen molar-refractivity contribution >= 4 is 39.2 Å². The molecule has 6 heteroatoms. The third-order valence-corrected chi connectivity index (χ3v) is 2.47. The summed E-state index contributed by atoms with van der Waals surface area (Å²) in [5, 5.41) is 11.4. The number of hydrogen-bond donors (Lipinski definition) is 1. The van der Waals surface area contributed by atoms with Gasteiger partial charge >= 0.3 is 0 Å². The first-order valence-electron chi connectivity index (χ1n) is 3.50. The van der Waals surface area contributed by atoms with Crippen LogP contribution in [0.5, 0.6) is 0 Å². The third-order valence-electron chi connectivity index (χ3n) is 1.65. The standard InChI is InChI=1S/C7H4IN5/c8-7-5-2-1-4(10-13-9)3-6(5)11-12-7/h1-3H,(H,11,12). The van der Waals surface area contributed by atoms with Gasteiger partial charge in [-0.3, -0.25) is 5.10 Å². The van der Waals surface area contributed by atoms with Crippen LogP contribution in [0.25, 0.3) is 21.3 Å². The van der Waals surface area contributed by atoms with Crippen molar-refractivity contribution in [3.63, 3.8) is 0 Å². The SMILES string of the molecule is [N-]=[N+]=Nc1ccc2c(I)[nH]nc2c1. The predicted molar refractivity (Wildman–Crippen MR) is 57.6 cm³/mol. The van der Waals surface area contributed by atoms with Crippen LogP contribution in [0, 0.1) is 3.70 Å². The zero-order valence-corrected chi connectivity index (χ0v) is 8.56. The summed E-state index contributed by atoms with van der Waals surface area (Å²) >= 11 is 2.16. The number of azide groups is 1. The lowest BCUT2D eigenvalue weighted by atomic mass is 10.2. The average Bonchev–Trinajstić information content (AvgIpc) is 2.48. The van der Waals surface area contributed by atoms with Crippen LogP contribution in [0.3, 0.4) is 0 Å². The molecule has 0 bridgehead atoms. The summed E-state index contributed by atoms with van der Waals surface area (Å²) < 4.78 is 0.986. The topological polar surface area (TPSA) is 77.4 Å². The number of H-pyrrole nitrogens is 1. The van der Waals surface area contributed by atoms with E-state index in [4.69, 9.17) is 5.53 Å². The molecule has 0 aliphatic rings. The molecule has 1 aromatic heterocycles. The summed E-state index contributed by atoms with van der Waals surface area (Å²) in [7, 11) is 0. The Hall–Kier alpha value is -1.27. The van der Waals surface area contributed by atoms with Gasteiger partial charge in [0.25, 0.3) is 0 Å². The number of fused-ring (bicyclic) bond motifs is 1. The number of hydrogen-bond acceptors (Lipinski definition) is 2. The van der Waals surface area contributed by atoms with E-state index in [1.54, 1.807) is 12.1 Å². The Balaban J connectivity index is 2.69. The highest BCUT2D eigenvalue weighted by Gasteiger charge is 2.01. The summed E-state index contributed by atoms with van der Waals surface area (Å²) in [4.78, 5) is 2.70. The minimum Gasteiger partial charge on any atom is -0.271 e. The fourth-order valence-corrected chi connectivity index (χ4v) is 1.66. The number of nitrogens with zero attached hydrogens (tertiary/aromatic N) is 4. The molecule has 0 atom stereocenters. The average molecular weight is 285 g/mol. The lowest BCUT2D eigenvalue weighted by Crippen LogP contribution is -1.67. The lowest BCUT2D eigenvalue weighted by molar-refractivity contribution is 1.09. The van der Waals surface area contributed by atoms with E-state index in [0.29, 0.717) is 5.69 Å². The Kier molecular flexibility index (Phi) is 2.07. The molecule has 64 valence electrons. The molecule has 1 heterocycles. The van der Waals surface area contributed by atoms with Gasteiger partial charge in [-0.15, -0.1) is 0 Å². The van der Waals surface area contributed by atoms with Gasteiger partial charge in [-0.1, -0.05) is 11.2 Å². The van der Waals surface area contributed by atoms with Gasteiger partial charge in [0, 0.05) is 16.0 Å². The second-order valence-electron chi connectivity index (χ2n) is 2.43. The van der Waals surface area contributed by atoms with Crippen molar-refractivity contribution in [1.29, 1.82) is 0 Å². The summed E-state index contributed by atoms with van der Waals surface area (Å²) in [5.74, 6) is 0. The third kappa shape index (κ3) is 1.45. The molecular formula is C7H4IN5. The summed E-state index contributed by atoms with van der Waals surface area (Å²) in [6.07, 6.45) is 0. The maximum absolute atomic E-state index is 8.23. The van der Waals surface area contributed by atoms with Gasteiger partial charge in [0.15, 0.2) is 0 Å². The summed E-state index contributed by atoms with van der Waals surface area (Å²) in [6.45, 7) is 0. The van der Waals surface area contributed by atoms with Gasteiger partial charge in [0.1, 0.15) is 3.70 Å². The zero-order valence-electron chi connectivity index (χ0n) is 6.40. The minimum atomic E-state index is 0.581. The molecule has 0 amide bonds. The molecule has 1 N–H and O–H groups in total. The number of aromatic nitrogens is 2. The van der Waals surface area contributed by atoms with E-state index >= 15 is 0 Å². The first kappa shape index (κ1) is 8.33. The van der Waals surface area contributed by atoms with Crippen LogP contribution in [0.15, 0.2) is 23.3 Å². The number of aromatic amines is 1. The van der Waals surface area contributed by atoms with Gasteiger partial charge in [0.2, 0.25) is 0 Å². The predicted octanol–water partition coefficient (Wildman–Crippen LogP) is 3.11. The zero-order chi connectivity index (χ0) is 9.26. The Labute approximate surface area is 86.9 Å². The minimum absolute atomic E-state index is 0.581. The summed E-state index contributed by atoms with van der Waals surface area (Å²) in [5.41, 5.74) is 9.62. The van der Waals surface area contributed by atoms with E-state index in [1.807, 2.05) is 6.07 Å². The highest BCUT2D eigenvalue weighted by atomic mass is 127. The normalized spacial score (nSPS) is 9.92. The van der Waals surface area contributed by atoms with Crippen LogP contribution in [-0.4, -0.2) is 10.2 Å². The van der Waals surface area contributed by atoms with E-state index in [9.17, 15) is 0 Å². The van der Waals surface area contributed by atoms with Crippen LogP contribution in [0.4, 0.5) is 5.69 Å². The van der Waals surface area contributed by atoms with Crippen LogP contribution < -0.4 is 0 Å². The summed E-state index contributed by atoms with van der Waals surface area (Å²) in [6, 6.07) is 5.39. The van der Waals surface area contributed by atoms with Gasteiger partial charge in [-0.2, -0.15) is 5.10 Å². The second kappa shape index (κ2) is 3.23. The van der Waals surface area contributed by atoms with Crippen LogP contribution in [-0.2, 0) is 0 Å². The Morgan fingerprint density at radius 3 is 3.15 bits per heavy atom. The molecule has 0 aliphatic carbocycles. The lowest BCUT2D eigenvalue weighted by Gasteiger charge is -1.90. The molecule has 5 nitrogen and oxygen atoms in total. The molecule has 2 aromatic rings. The highest BCUT2D eigenvalue weighted by Crippen LogP contribution is 2.22. The molecule has 0 spiro atoms. The Bertz CT molecular complexity index is 497. The number of rotatable bonds is 1. The van der Waals surface area contributed by atoms with Crippen molar-refractivity contribution in [1.82, 2.24) is 10.2 Å². The molecule has 1 aromatic carbocycles. The number of halogens is 1. The van der Waals surface area contributed by atoms with Crippen LogP contribution in [0.1, 0.15) is 0 Å². The quantitative estimate of drug-likeness (QED) is 0.371. The van der Waals surface area contributed by atoms with Crippen molar-refractivity contribution in [2.75, 3.05) is 0 Å². The number of benzene rings is 1. The first-order chi connectivity index (χ1) is 6.31. The first-order valence-corrected chi connectivity index (χ1v) is 4.58. The van der Waals surface area contributed by atoms with Gasteiger partial charge < -0.3 is 0 Å². The maximum Gasteiger partial charge on any atom is 0.104 e. The molecule has 0 unspecified atom stereocenters. The molecule has 0 aliphatic heterocycles. The molecule has 0 radical (unpaired) electrons.